The van der Waals surface area contributed by atoms with E-state index in [4.69, 9.17) is 4.74 Å². The van der Waals surface area contributed by atoms with Gasteiger partial charge >= 0.3 is 5.97 Å². The quantitative estimate of drug-likeness (QED) is 0.718. The lowest BCUT2D eigenvalue weighted by Crippen LogP contribution is -2.41. The molecule has 1 aromatic carbocycles. The van der Waals surface area contributed by atoms with Gasteiger partial charge in [0, 0.05) is 6.54 Å². The van der Waals surface area contributed by atoms with Crippen LogP contribution < -0.4 is 10.1 Å². The SMILES string of the molecule is COC(=O)C(C)NCC(O)COc1cccc(C)c1. The Morgan fingerprint density at radius 1 is 1.47 bits per heavy atom. The monoisotopic (exact) mass is 267 g/mol. The summed E-state index contributed by atoms with van der Waals surface area (Å²) in [6, 6.07) is 7.16. The average Bonchev–Trinajstić information content (AvgIpc) is 2.41. The van der Waals surface area contributed by atoms with E-state index in [1.807, 2.05) is 31.2 Å². The summed E-state index contributed by atoms with van der Waals surface area (Å²) in [5, 5.41) is 12.6. The van der Waals surface area contributed by atoms with Crippen LogP contribution in [0.2, 0.25) is 0 Å². The van der Waals surface area contributed by atoms with E-state index in [0.29, 0.717) is 0 Å². The second kappa shape index (κ2) is 7.76. The van der Waals surface area contributed by atoms with Crippen molar-refractivity contribution >= 4 is 5.97 Å². The summed E-state index contributed by atoms with van der Waals surface area (Å²) in [4.78, 5) is 11.1. The molecule has 0 spiro atoms. The molecule has 0 aliphatic carbocycles. The first-order valence-corrected chi connectivity index (χ1v) is 6.21. The van der Waals surface area contributed by atoms with Gasteiger partial charge in [-0.15, -0.1) is 0 Å². The number of aliphatic hydroxyl groups excluding tert-OH is 1. The number of hydrogen-bond donors (Lipinski definition) is 2. The summed E-state index contributed by atoms with van der Waals surface area (Å²) in [5.41, 5.74) is 1.10. The summed E-state index contributed by atoms with van der Waals surface area (Å²) >= 11 is 0. The normalized spacial score (nSPS) is 13.7. The molecule has 2 unspecified atom stereocenters. The molecule has 2 atom stereocenters. The van der Waals surface area contributed by atoms with Crippen molar-refractivity contribution < 1.29 is 19.4 Å². The van der Waals surface area contributed by atoms with Crippen LogP contribution in [0.4, 0.5) is 0 Å². The van der Waals surface area contributed by atoms with Crippen molar-refractivity contribution in [2.24, 2.45) is 0 Å². The maximum atomic E-state index is 11.1. The average molecular weight is 267 g/mol. The van der Waals surface area contributed by atoms with Crippen molar-refractivity contribution in [3.63, 3.8) is 0 Å². The lowest BCUT2D eigenvalue weighted by Gasteiger charge is -2.16. The molecule has 0 aliphatic heterocycles. The molecule has 1 aromatic rings. The van der Waals surface area contributed by atoms with E-state index in [1.54, 1.807) is 6.92 Å². The maximum absolute atomic E-state index is 11.1. The van der Waals surface area contributed by atoms with E-state index in [9.17, 15) is 9.90 Å². The van der Waals surface area contributed by atoms with Gasteiger partial charge in [-0.05, 0) is 31.5 Å². The molecule has 1 rings (SSSR count). The van der Waals surface area contributed by atoms with Gasteiger partial charge < -0.3 is 19.9 Å². The van der Waals surface area contributed by atoms with E-state index < -0.39 is 12.1 Å². The van der Waals surface area contributed by atoms with Crippen LogP contribution in [-0.2, 0) is 9.53 Å². The number of aliphatic hydroxyl groups is 1. The minimum Gasteiger partial charge on any atom is -0.491 e. The predicted octanol–water partition coefficient (Wildman–Crippen LogP) is 0.886. The number of nitrogens with one attached hydrogen (secondary N) is 1. The first kappa shape index (κ1) is 15.5. The molecule has 0 heterocycles. The Hall–Kier alpha value is -1.59. The van der Waals surface area contributed by atoms with Crippen molar-refractivity contribution in [1.82, 2.24) is 5.32 Å². The van der Waals surface area contributed by atoms with Gasteiger partial charge in [-0.1, -0.05) is 12.1 Å². The van der Waals surface area contributed by atoms with Crippen LogP contribution in [-0.4, -0.2) is 43.5 Å². The molecule has 5 heteroatoms. The maximum Gasteiger partial charge on any atom is 0.322 e. The number of rotatable bonds is 7. The predicted molar refractivity (Wildman–Crippen MR) is 72.2 cm³/mol. The second-order valence-electron chi connectivity index (χ2n) is 4.43. The molecule has 19 heavy (non-hydrogen) atoms. The van der Waals surface area contributed by atoms with Crippen LogP contribution in [0.5, 0.6) is 5.75 Å². The lowest BCUT2D eigenvalue weighted by molar-refractivity contribution is -0.142. The molecule has 2 N–H and O–H groups in total. The van der Waals surface area contributed by atoms with Crippen molar-refractivity contribution in [2.45, 2.75) is 26.0 Å². The van der Waals surface area contributed by atoms with E-state index in [2.05, 4.69) is 10.1 Å². The zero-order valence-corrected chi connectivity index (χ0v) is 11.6. The highest BCUT2D eigenvalue weighted by molar-refractivity contribution is 5.75. The first-order valence-electron chi connectivity index (χ1n) is 6.21. The molecule has 0 radical (unpaired) electrons. The molecular weight excluding hydrogens is 246 g/mol. The van der Waals surface area contributed by atoms with Gasteiger partial charge in [0.15, 0.2) is 0 Å². The highest BCUT2D eigenvalue weighted by atomic mass is 16.5. The van der Waals surface area contributed by atoms with Gasteiger partial charge in [0.2, 0.25) is 0 Å². The summed E-state index contributed by atoms with van der Waals surface area (Å²) in [6.07, 6.45) is -0.687. The minimum atomic E-state index is -0.687. The fourth-order valence-corrected chi connectivity index (χ4v) is 1.53. The van der Waals surface area contributed by atoms with E-state index in [-0.39, 0.29) is 19.1 Å². The number of benzene rings is 1. The van der Waals surface area contributed by atoms with Crippen LogP contribution in [0.1, 0.15) is 12.5 Å². The fourth-order valence-electron chi connectivity index (χ4n) is 1.53. The Morgan fingerprint density at radius 3 is 2.84 bits per heavy atom. The molecule has 5 nitrogen and oxygen atoms in total. The lowest BCUT2D eigenvalue weighted by atomic mass is 10.2. The highest BCUT2D eigenvalue weighted by Gasteiger charge is 2.14. The molecule has 0 bridgehead atoms. The number of methoxy groups -OCH3 is 1. The molecule has 0 aliphatic rings. The molecule has 0 saturated carbocycles. The number of carbonyl (C=O) groups excluding carboxylic acids is 1. The largest absolute Gasteiger partial charge is 0.491 e. The van der Waals surface area contributed by atoms with Crippen molar-refractivity contribution in [1.29, 1.82) is 0 Å². The Labute approximate surface area is 113 Å². The van der Waals surface area contributed by atoms with Crippen molar-refractivity contribution in [3.05, 3.63) is 29.8 Å². The number of carbonyl (C=O) groups is 1. The Kier molecular flexibility index (Phi) is 6.32. The smallest absolute Gasteiger partial charge is 0.322 e. The zero-order valence-electron chi connectivity index (χ0n) is 11.6. The first-order chi connectivity index (χ1) is 9.02. The topological polar surface area (TPSA) is 67.8 Å². The standard InChI is InChI=1S/C14H21NO4/c1-10-5-4-6-13(7-10)19-9-12(16)8-15-11(2)14(17)18-3/h4-7,11-12,15-16H,8-9H2,1-3H3. The van der Waals surface area contributed by atoms with Crippen LogP contribution in [0.15, 0.2) is 24.3 Å². The number of hydrogen-bond acceptors (Lipinski definition) is 5. The second-order valence-corrected chi connectivity index (χ2v) is 4.43. The summed E-state index contributed by atoms with van der Waals surface area (Å²) in [7, 11) is 1.33. The Morgan fingerprint density at radius 2 is 2.21 bits per heavy atom. The van der Waals surface area contributed by atoms with Gasteiger partial charge in [-0.25, -0.2) is 0 Å². The number of ether oxygens (including phenoxy) is 2. The molecule has 0 saturated heterocycles. The van der Waals surface area contributed by atoms with E-state index >= 15 is 0 Å². The third kappa shape index (κ3) is 5.72. The summed E-state index contributed by atoms with van der Waals surface area (Å²) in [6.45, 7) is 4.09. The van der Waals surface area contributed by atoms with Crippen molar-refractivity contribution in [3.8, 4) is 5.75 Å². The highest BCUT2D eigenvalue weighted by Crippen LogP contribution is 2.12. The van der Waals surface area contributed by atoms with Crippen LogP contribution in [0.25, 0.3) is 0 Å². The van der Waals surface area contributed by atoms with Crippen LogP contribution in [0, 0.1) is 6.92 Å². The Balaban J connectivity index is 2.28. The molecule has 0 aromatic heterocycles. The van der Waals surface area contributed by atoms with Gasteiger partial charge in [0.25, 0.3) is 0 Å². The minimum absolute atomic E-state index is 0.171. The molecule has 0 amide bonds. The van der Waals surface area contributed by atoms with Crippen LogP contribution >= 0.6 is 0 Å². The molecule has 0 fully saturated rings. The van der Waals surface area contributed by atoms with Gasteiger partial charge in [-0.2, -0.15) is 0 Å². The summed E-state index contributed by atoms with van der Waals surface area (Å²) < 4.78 is 10.0. The zero-order chi connectivity index (χ0) is 14.3. The fraction of sp³-hybridized carbons (Fsp3) is 0.500. The van der Waals surface area contributed by atoms with E-state index in [0.717, 1.165) is 11.3 Å². The van der Waals surface area contributed by atoms with Gasteiger partial charge in [0.1, 0.15) is 24.5 Å². The molecule has 106 valence electrons. The van der Waals surface area contributed by atoms with Gasteiger partial charge in [0.05, 0.1) is 7.11 Å². The number of aryl methyl sites for hydroxylation is 1. The third-order valence-corrected chi connectivity index (χ3v) is 2.65. The number of esters is 1. The van der Waals surface area contributed by atoms with Crippen molar-refractivity contribution in [2.75, 3.05) is 20.3 Å². The molecular formula is C14H21NO4. The Bertz CT molecular complexity index is 408. The third-order valence-electron chi connectivity index (χ3n) is 2.65. The van der Waals surface area contributed by atoms with Gasteiger partial charge in [-0.3, -0.25) is 4.79 Å². The van der Waals surface area contributed by atoms with Crippen LogP contribution in [0.3, 0.4) is 0 Å². The van der Waals surface area contributed by atoms with E-state index in [1.165, 1.54) is 7.11 Å². The summed E-state index contributed by atoms with van der Waals surface area (Å²) in [5.74, 6) is 0.367.